The lowest BCUT2D eigenvalue weighted by Crippen LogP contribution is -2.68. The van der Waals surface area contributed by atoms with Gasteiger partial charge in [-0.25, -0.2) is 9.79 Å². The minimum Gasteiger partial charge on any atom is -0.454 e. The number of rotatable bonds is 8. The lowest BCUT2D eigenvalue weighted by molar-refractivity contribution is -0.178. The van der Waals surface area contributed by atoms with E-state index in [1.165, 1.54) is 4.90 Å². The summed E-state index contributed by atoms with van der Waals surface area (Å²) in [4.78, 5) is 32.4. The van der Waals surface area contributed by atoms with Crippen LogP contribution in [-0.2, 0) is 25.5 Å². The summed E-state index contributed by atoms with van der Waals surface area (Å²) in [5.74, 6) is -0.330. The number of benzene rings is 3. The number of fused-ring (bicyclic) bond motifs is 1. The Hall–Kier alpha value is -4.19. The highest BCUT2D eigenvalue weighted by Crippen LogP contribution is 2.36. The van der Waals surface area contributed by atoms with Crippen LogP contribution in [-0.4, -0.2) is 41.0 Å². The zero-order valence-corrected chi connectivity index (χ0v) is 19.4. The smallest absolute Gasteiger partial charge is 0.334 e. The van der Waals surface area contributed by atoms with Gasteiger partial charge >= 0.3 is 5.97 Å². The second-order valence-electron chi connectivity index (χ2n) is 8.77. The van der Waals surface area contributed by atoms with Crippen molar-refractivity contribution in [2.75, 3.05) is 0 Å². The minimum atomic E-state index is -0.968. The minimum absolute atomic E-state index is 0.265. The van der Waals surface area contributed by atoms with E-state index in [0.29, 0.717) is 17.9 Å². The van der Waals surface area contributed by atoms with E-state index in [1.54, 1.807) is 6.92 Å². The Morgan fingerprint density at radius 1 is 0.971 bits per heavy atom. The normalized spacial score (nSPS) is 19.3. The van der Waals surface area contributed by atoms with E-state index in [2.05, 4.69) is 11.6 Å². The highest BCUT2D eigenvalue weighted by molar-refractivity contribution is 5.99. The fraction of sp³-hybridized carbons (Fsp3) is 0.207. The van der Waals surface area contributed by atoms with Crippen molar-refractivity contribution in [1.29, 1.82) is 0 Å². The van der Waals surface area contributed by atoms with E-state index in [1.807, 2.05) is 91.0 Å². The number of hydrogen-bond acceptors (Lipinski definition) is 5. The molecule has 3 unspecified atom stereocenters. The summed E-state index contributed by atoms with van der Waals surface area (Å²) >= 11 is 0. The molecule has 6 heteroatoms. The number of carbonyl (C=O) groups excluding carboxylic acids is 2. The van der Waals surface area contributed by atoms with Gasteiger partial charge < -0.3 is 9.47 Å². The number of amides is 1. The van der Waals surface area contributed by atoms with Crippen LogP contribution >= 0.6 is 0 Å². The molecule has 6 nitrogen and oxygen atoms in total. The molecule has 2 heterocycles. The Morgan fingerprint density at radius 3 is 2.06 bits per heavy atom. The van der Waals surface area contributed by atoms with Crippen LogP contribution < -0.4 is 0 Å². The molecule has 5 rings (SSSR count). The van der Waals surface area contributed by atoms with Crippen LogP contribution in [0.3, 0.4) is 0 Å². The summed E-state index contributed by atoms with van der Waals surface area (Å²) in [5.41, 5.74) is 3.22. The van der Waals surface area contributed by atoms with Crippen molar-refractivity contribution in [3.05, 3.63) is 120 Å². The maximum absolute atomic E-state index is 13.5. The molecule has 176 valence electrons. The van der Waals surface area contributed by atoms with Gasteiger partial charge in [-0.15, -0.1) is 0 Å². The van der Waals surface area contributed by atoms with E-state index in [-0.39, 0.29) is 5.91 Å². The summed E-state index contributed by atoms with van der Waals surface area (Å²) in [7, 11) is 0. The van der Waals surface area contributed by atoms with Gasteiger partial charge in [-0.1, -0.05) is 97.6 Å². The molecule has 1 saturated heterocycles. The molecule has 1 fully saturated rings. The zero-order chi connectivity index (χ0) is 24.4. The van der Waals surface area contributed by atoms with Crippen LogP contribution in [0.2, 0.25) is 0 Å². The zero-order valence-electron chi connectivity index (χ0n) is 19.4. The Balaban J connectivity index is 1.35. The van der Waals surface area contributed by atoms with Gasteiger partial charge in [0.15, 0.2) is 24.1 Å². The fourth-order valence-corrected chi connectivity index (χ4v) is 4.48. The van der Waals surface area contributed by atoms with E-state index >= 15 is 0 Å². The predicted molar refractivity (Wildman–Crippen MR) is 133 cm³/mol. The fourth-order valence-electron chi connectivity index (χ4n) is 4.48. The molecule has 3 atom stereocenters. The topological polar surface area (TPSA) is 68.2 Å². The monoisotopic (exact) mass is 466 g/mol. The van der Waals surface area contributed by atoms with Crippen LogP contribution in [0.5, 0.6) is 0 Å². The van der Waals surface area contributed by atoms with Crippen LogP contribution in [0.25, 0.3) is 0 Å². The number of esters is 1. The first-order valence-electron chi connectivity index (χ1n) is 11.6. The SMILES string of the molecule is C=C(C)C(C(=O)OC(c1ccccc1)c1ccccc1)N1C(=O)C2N=C(Cc3ccccc3)OC21. The molecule has 1 amide bonds. The summed E-state index contributed by atoms with van der Waals surface area (Å²) in [6.45, 7) is 5.70. The average molecular weight is 467 g/mol. The number of β-lactam (4-membered cyclic amide) rings is 1. The van der Waals surface area contributed by atoms with Crippen molar-refractivity contribution in [2.45, 2.75) is 37.8 Å². The second kappa shape index (κ2) is 9.58. The first-order valence-corrected chi connectivity index (χ1v) is 11.6. The molecule has 2 aliphatic rings. The highest BCUT2D eigenvalue weighted by atomic mass is 16.6. The standard InChI is InChI=1S/C29H26N2O4/c1-19(2)25(29(33)35-26(21-14-8-4-9-15-21)22-16-10-5-11-17-22)31-27(32)24-28(31)34-23(30-24)18-20-12-6-3-7-13-20/h3-17,24-26,28H,1,18H2,2H3. The summed E-state index contributed by atoms with van der Waals surface area (Å²) < 4.78 is 12.0. The molecular weight excluding hydrogens is 440 g/mol. The van der Waals surface area contributed by atoms with Gasteiger partial charge in [-0.05, 0) is 29.2 Å². The van der Waals surface area contributed by atoms with Crippen molar-refractivity contribution in [1.82, 2.24) is 4.90 Å². The van der Waals surface area contributed by atoms with E-state index < -0.39 is 30.4 Å². The van der Waals surface area contributed by atoms with E-state index in [0.717, 1.165) is 16.7 Å². The van der Waals surface area contributed by atoms with Crippen LogP contribution in [0.4, 0.5) is 0 Å². The third kappa shape index (κ3) is 4.47. The molecule has 0 aliphatic carbocycles. The molecule has 0 radical (unpaired) electrons. The average Bonchev–Trinajstić information content (AvgIpc) is 3.25. The Kier molecular flexibility index (Phi) is 6.19. The Bertz CT molecular complexity index is 1220. The molecule has 2 aliphatic heterocycles. The van der Waals surface area contributed by atoms with Gasteiger partial charge in [0.1, 0.15) is 0 Å². The first-order chi connectivity index (χ1) is 17.0. The first kappa shape index (κ1) is 22.6. The number of aliphatic imine (C=N–C) groups is 1. The Morgan fingerprint density at radius 2 is 1.51 bits per heavy atom. The number of ether oxygens (including phenoxy) is 2. The van der Waals surface area contributed by atoms with Gasteiger partial charge in [0.05, 0.1) is 0 Å². The predicted octanol–water partition coefficient (Wildman–Crippen LogP) is 4.47. The number of hydrogen-bond donors (Lipinski definition) is 0. The van der Waals surface area contributed by atoms with Gasteiger partial charge in [-0.3, -0.25) is 9.69 Å². The van der Waals surface area contributed by atoms with Crippen LogP contribution in [0.1, 0.15) is 29.7 Å². The maximum atomic E-state index is 13.5. The highest BCUT2D eigenvalue weighted by Gasteiger charge is 2.58. The summed E-state index contributed by atoms with van der Waals surface area (Å²) in [5, 5.41) is 0. The quantitative estimate of drug-likeness (QED) is 0.279. The molecule has 0 N–H and O–H groups in total. The number of likely N-dealkylation sites (tertiary alicyclic amines) is 1. The molecule has 3 aromatic carbocycles. The number of carbonyl (C=O) groups is 2. The van der Waals surface area contributed by atoms with Gasteiger partial charge in [0.2, 0.25) is 6.23 Å². The molecule has 0 spiro atoms. The second-order valence-corrected chi connectivity index (χ2v) is 8.77. The number of nitrogens with zero attached hydrogens (tertiary/aromatic N) is 2. The maximum Gasteiger partial charge on any atom is 0.334 e. The van der Waals surface area contributed by atoms with Gasteiger partial charge in [0, 0.05) is 6.42 Å². The summed E-state index contributed by atoms with van der Waals surface area (Å²) in [6, 6.07) is 27.3. The van der Waals surface area contributed by atoms with E-state index in [4.69, 9.17) is 9.47 Å². The largest absolute Gasteiger partial charge is 0.454 e. The third-order valence-electron chi connectivity index (χ3n) is 6.20. The van der Waals surface area contributed by atoms with Crippen LogP contribution in [0, 0.1) is 0 Å². The van der Waals surface area contributed by atoms with Crippen molar-refractivity contribution in [3.63, 3.8) is 0 Å². The third-order valence-corrected chi connectivity index (χ3v) is 6.20. The summed E-state index contributed by atoms with van der Waals surface area (Å²) in [6.07, 6.45) is -0.767. The Labute approximate surface area is 204 Å². The molecule has 0 bridgehead atoms. The van der Waals surface area contributed by atoms with Gasteiger partial charge in [-0.2, -0.15) is 0 Å². The van der Waals surface area contributed by atoms with Crippen LogP contribution in [0.15, 0.2) is 108 Å². The lowest BCUT2D eigenvalue weighted by atomic mass is 9.97. The molecular formula is C29H26N2O4. The molecule has 0 aromatic heterocycles. The van der Waals surface area contributed by atoms with Crippen molar-refractivity contribution < 1.29 is 19.1 Å². The van der Waals surface area contributed by atoms with Gasteiger partial charge in [0.25, 0.3) is 5.91 Å². The van der Waals surface area contributed by atoms with Crippen molar-refractivity contribution in [3.8, 4) is 0 Å². The molecule has 35 heavy (non-hydrogen) atoms. The molecule has 0 saturated carbocycles. The van der Waals surface area contributed by atoms with E-state index in [9.17, 15) is 9.59 Å². The van der Waals surface area contributed by atoms with Crippen molar-refractivity contribution in [2.24, 2.45) is 4.99 Å². The molecule has 3 aromatic rings. The lowest BCUT2D eigenvalue weighted by Gasteiger charge is -2.44. The van der Waals surface area contributed by atoms with Crippen molar-refractivity contribution >= 4 is 17.8 Å².